The molecule has 0 radical (unpaired) electrons. The molecule has 3 atom stereocenters. The second-order valence-corrected chi connectivity index (χ2v) is 7.12. The van der Waals surface area contributed by atoms with Crippen molar-refractivity contribution in [2.75, 3.05) is 20.8 Å². The Morgan fingerprint density at radius 2 is 1.84 bits per heavy atom. The standard InChI is InChI=1S/C21H28N2O2/c1-14-7-5-6-8-17(14)13-23-10-9-16-11-19(24-3)20(25-4)12-18(16)21(23)15(2)22/h5-8,11-12,15,21H,9-10,13,22H2,1-4H3/p+2/t15-,21-/m1/s1. The first-order valence-corrected chi connectivity index (χ1v) is 9.02. The molecule has 2 aromatic rings. The summed E-state index contributed by atoms with van der Waals surface area (Å²) in [5.74, 6) is 1.63. The van der Waals surface area contributed by atoms with E-state index in [1.807, 2.05) is 0 Å². The van der Waals surface area contributed by atoms with E-state index in [1.54, 1.807) is 19.1 Å². The van der Waals surface area contributed by atoms with Crippen molar-refractivity contribution in [2.45, 2.75) is 38.9 Å². The molecule has 0 saturated carbocycles. The molecule has 0 saturated heterocycles. The summed E-state index contributed by atoms with van der Waals surface area (Å²) in [6.45, 7) is 6.56. The predicted octanol–water partition coefficient (Wildman–Crippen LogP) is 1.32. The average Bonchev–Trinajstić information content (AvgIpc) is 2.61. The van der Waals surface area contributed by atoms with E-state index in [0.717, 1.165) is 31.0 Å². The van der Waals surface area contributed by atoms with Crippen LogP contribution in [0.1, 0.15) is 35.2 Å². The largest absolute Gasteiger partial charge is 0.493 e. The number of ether oxygens (including phenoxy) is 2. The Morgan fingerprint density at radius 3 is 2.48 bits per heavy atom. The molecule has 3 rings (SSSR count). The number of aryl methyl sites for hydroxylation is 1. The maximum Gasteiger partial charge on any atom is 0.166 e. The molecule has 25 heavy (non-hydrogen) atoms. The first kappa shape index (κ1) is 17.8. The molecule has 0 bridgehead atoms. The minimum atomic E-state index is 0.316. The maximum atomic E-state index is 5.55. The zero-order valence-electron chi connectivity index (χ0n) is 15.8. The minimum Gasteiger partial charge on any atom is -0.493 e. The lowest BCUT2D eigenvalue weighted by atomic mass is 9.88. The SMILES string of the molecule is COc1cc2c(cc1OC)[C@@H]([C@@H](C)[NH3+])[NH+](Cc1ccccc1C)CC2. The second kappa shape index (κ2) is 7.46. The fourth-order valence-corrected chi connectivity index (χ4v) is 4.07. The first-order chi connectivity index (χ1) is 12.0. The summed E-state index contributed by atoms with van der Waals surface area (Å²) in [5.41, 5.74) is 9.89. The van der Waals surface area contributed by atoms with Crippen molar-refractivity contribution >= 4 is 0 Å². The number of benzene rings is 2. The molecular weight excluding hydrogens is 312 g/mol. The molecule has 2 aromatic carbocycles. The van der Waals surface area contributed by atoms with Gasteiger partial charge in [-0.05, 0) is 37.1 Å². The van der Waals surface area contributed by atoms with Gasteiger partial charge in [0.05, 0.1) is 20.8 Å². The molecule has 1 aliphatic rings. The Bertz CT molecular complexity index is 743. The highest BCUT2D eigenvalue weighted by Gasteiger charge is 2.37. The highest BCUT2D eigenvalue weighted by molar-refractivity contribution is 5.49. The molecule has 1 aliphatic heterocycles. The number of fused-ring (bicyclic) bond motifs is 1. The molecule has 4 heteroatoms. The highest BCUT2D eigenvalue weighted by Crippen LogP contribution is 2.34. The normalized spacial score (nSPS) is 20.7. The Hall–Kier alpha value is -2.04. The number of nitrogens with one attached hydrogen (secondary N) is 1. The van der Waals surface area contributed by atoms with Gasteiger partial charge in [0, 0.05) is 17.5 Å². The molecule has 4 nitrogen and oxygen atoms in total. The van der Waals surface area contributed by atoms with Gasteiger partial charge in [-0.1, -0.05) is 24.3 Å². The first-order valence-electron chi connectivity index (χ1n) is 9.02. The summed E-state index contributed by atoms with van der Waals surface area (Å²) in [6.07, 6.45) is 1.06. The van der Waals surface area contributed by atoms with E-state index < -0.39 is 0 Å². The quantitative estimate of drug-likeness (QED) is 0.861. The third-order valence-electron chi connectivity index (χ3n) is 5.38. The summed E-state index contributed by atoms with van der Waals surface area (Å²) >= 11 is 0. The second-order valence-electron chi connectivity index (χ2n) is 7.12. The van der Waals surface area contributed by atoms with E-state index in [2.05, 4.69) is 56.0 Å². The van der Waals surface area contributed by atoms with Crippen LogP contribution in [0, 0.1) is 6.92 Å². The van der Waals surface area contributed by atoms with Crippen LogP contribution in [0.3, 0.4) is 0 Å². The van der Waals surface area contributed by atoms with Crippen LogP contribution in [0.2, 0.25) is 0 Å². The zero-order chi connectivity index (χ0) is 18.0. The van der Waals surface area contributed by atoms with Crippen LogP contribution in [0.5, 0.6) is 11.5 Å². The molecule has 0 aliphatic carbocycles. The number of quaternary nitrogens is 2. The van der Waals surface area contributed by atoms with Gasteiger partial charge < -0.3 is 20.1 Å². The summed E-state index contributed by atoms with van der Waals surface area (Å²) in [4.78, 5) is 1.58. The Balaban J connectivity index is 1.98. The fraction of sp³-hybridized carbons (Fsp3) is 0.429. The highest BCUT2D eigenvalue weighted by atomic mass is 16.5. The molecule has 0 fully saturated rings. The van der Waals surface area contributed by atoms with Crippen LogP contribution in [-0.4, -0.2) is 26.8 Å². The molecule has 0 aromatic heterocycles. The Labute approximate surface area is 150 Å². The zero-order valence-corrected chi connectivity index (χ0v) is 15.8. The topological polar surface area (TPSA) is 50.5 Å². The van der Waals surface area contributed by atoms with Crippen molar-refractivity contribution in [3.05, 3.63) is 58.7 Å². The molecule has 0 spiro atoms. The van der Waals surface area contributed by atoms with Crippen LogP contribution in [0.4, 0.5) is 0 Å². The molecule has 1 heterocycles. The summed E-state index contributed by atoms with van der Waals surface area (Å²) in [6, 6.07) is 13.7. The van der Waals surface area contributed by atoms with Gasteiger partial charge in [0.2, 0.25) is 0 Å². The summed E-state index contributed by atoms with van der Waals surface area (Å²) in [5, 5.41) is 0. The summed E-state index contributed by atoms with van der Waals surface area (Å²) < 4.78 is 11.0. The lowest BCUT2D eigenvalue weighted by Gasteiger charge is -2.35. The Kier molecular flexibility index (Phi) is 5.30. The summed E-state index contributed by atoms with van der Waals surface area (Å²) in [7, 11) is 3.40. The molecule has 1 unspecified atom stereocenters. The van der Waals surface area contributed by atoms with Crippen LogP contribution in [0.25, 0.3) is 0 Å². The van der Waals surface area contributed by atoms with Gasteiger partial charge >= 0.3 is 0 Å². The van der Waals surface area contributed by atoms with E-state index in [9.17, 15) is 0 Å². The van der Waals surface area contributed by atoms with Gasteiger partial charge in [0.15, 0.2) is 17.5 Å². The van der Waals surface area contributed by atoms with Crippen LogP contribution >= 0.6 is 0 Å². The molecule has 0 amide bonds. The van der Waals surface area contributed by atoms with Crippen molar-refractivity contribution in [2.24, 2.45) is 0 Å². The van der Waals surface area contributed by atoms with Crippen molar-refractivity contribution in [1.29, 1.82) is 0 Å². The molecular formula is C21H30N2O2+2. The lowest BCUT2D eigenvalue weighted by Crippen LogP contribution is -3.14. The van der Waals surface area contributed by atoms with Gasteiger partial charge in [-0.15, -0.1) is 0 Å². The number of rotatable bonds is 5. The van der Waals surface area contributed by atoms with Crippen LogP contribution < -0.4 is 20.1 Å². The number of hydrogen-bond donors (Lipinski definition) is 2. The lowest BCUT2D eigenvalue weighted by molar-refractivity contribution is -0.957. The number of hydrogen-bond acceptors (Lipinski definition) is 2. The van der Waals surface area contributed by atoms with Crippen LogP contribution in [-0.2, 0) is 13.0 Å². The van der Waals surface area contributed by atoms with E-state index >= 15 is 0 Å². The monoisotopic (exact) mass is 342 g/mol. The third kappa shape index (κ3) is 3.51. The van der Waals surface area contributed by atoms with Crippen molar-refractivity contribution in [1.82, 2.24) is 0 Å². The Morgan fingerprint density at radius 1 is 1.16 bits per heavy atom. The van der Waals surface area contributed by atoms with Gasteiger partial charge in [-0.2, -0.15) is 0 Å². The van der Waals surface area contributed by atoms with E-state index in [4.69, 9.17) is 9.47 Å². The van der Waals surface area contributed by atoms with E-state index in [-0.39, 0.29) is 0 Å². The van der Waals surface area contributed by atoms with Gasteiger partial charge in [0.25, 0.3) is 0 Å². The van der Waals surface area contributed by atoms with E-state index in [1.165, 1.54) is 22.3 Å². The smallest absolute Gasteiger partial charge is 0.166 e. The van der Waals surface area contributed by atoms with Crippen molar-refractivity contribution < 1.29 is 20.1 Å². The van der Waals surface area contributed by atoms with Crippen LogP contribution in [0.15, 0.2) is 36.4 Å². The van der Waals surface area contributed by atoms with E-state index in [0.29, 0.717) is 12.1 Å². The molecule has 134 valence electrons. The number of methoxy groups -OCH3 is 2. The maximum absolute atomic E-state index is 5.55. The van der Waals surface area contributed by atoms with Gasteiger partial charge in [-0.25, -0.2) is 0 Å². The van der Waals surface area contributed by atoms with Crippen molar-refractivity contribution in [3.63, 3.8) is 0 Å². The third-order valence-corrected chi connectivity index (χ3v) is 5.38. The molecule has 4 N–H and O–H groups in total. The fourth-order valence-electron chi connectivity index (χ4n) is 4.07. The predicted molar refractivity (Wildman–Crippen MR) is 99.1 cm³/mol. The average molecular weight is 342 g/mol. The van der Waals surface area contributed by atoms with Gasteiger partial charge in [-0.3, -0.25) is 0 Å². The minimum absolute atomic E-state index is 0.316. The van der Waals surface area contributed by atoms with Gasteiger partial charge in [0.1, 0.15) is 12.6 Å². The van der Waals surface area contributed by atoms with Crippen molar-refractivity contribution in [3.8, 4) is 11.5 Å².